The average Bonchev–Trinajstić information content (AvgIpc) is 2.19. The van der Waals surface area contributed by atoms with Crippen molar-refractivity contribution in [2.45, 2.75) is 6.92 Å². The third-order valence-electron chi connectivity index (χ3n) is 2.37. The summed E-state index contributed by atoms with van der Waals surface area (Å²) in [5, 5.41) is 9.76. The van der Waals surface area contributed by atoms with E-state index in [1.807, 2.05) is 13.0 Å². The number of hydrogen-bond acceptors (Lipinski definition) is 1. The molecule has 0 radical (unpaired) electrons. The zero-order chi connectivity index (χ0) is 11.7. The Morgan fingerprint density at radius 3 is 2.38 bits per heavy atom. The van der Waals surface area contributed by atoms with Crippen molar-refractivity contribution >= 4 is 15.9 Å². The first-order valence-electron chi connectivity index (χ1n) is 4.83. The normalized spacial score (nSPS) is 10.4. The van der Waals surface area contributed by atoms with Crippen LogP contribution in [0.25, 0.3) is 11.1 Å². The predicted octanol–water partition coefficient (Wildman–Crippen LogP) is 4.27. The van der Waals surface area contributed by atoms with E-state index in [-0.39, 0.29) is 11.6 Å². The highest BCUT2D eigenvalue weighted by atomic mass is 79.9. The van der Waals surface area contributed by atoms with Gasteiger partial charge in [0.15, 0.2) is 0 Å². The minimum absolute atomic E-state index is 0.0984. The molecule has 2 aromatic rings. The molecule has 3 heteroatoms. The van der Waals surface area contributed by atoms with Gasteiger partial charge >= 0.3 is 0 Å². The standard InChI is InChI=1S/C13H10BrFO/c1-8-2-4-11(13(16)6-8)10-5-3-9(14)7-12(10)15/h2-7,16H,1H3. The van der Waals surface area contributed by atoms with Gasteiger partial charge in [0.2, 0.25) is 0 Å². The zero-order valence-electron chi connectivity index (χ0n) is 8.67. The minimum atomic E-state index is -0.353. The van der Waals surface area contributed by atoms with Gasteiger partial charge in [-0.3, -0.25) is 0 Å². The minimum Gasteiger partial charge on any atom is -0.507 e. The second-order valence-electron chi connectivity index (χ2n) is 3.64. The molecule has 0 saturated heterocycles. The SMILES string of the molecule is Cc1ccc(-c2ccc(Br)cc2F)c(O)c1. The maximum Gasteiger partial charge on any atom is 0.132 e. The van der Waals surface area contributed by atoms with Crippen molar-refractivity contribution in [1.82, 2.24) is 0 Å². The van der Waals surface area contributed by atoms with Crippen LogP contribution in [0, 0.1) is 12.7 Å². The first-order valence-corrected chi connectivity index (χ1v) is 5.62. The maximum atomic E-state index is 13.7. The lowest BCUT2D eigenvalue weighted by atomic mass is 10.0. The predicted molar refractivity (Wildman–Crippen MR) is 65.9 cm³/mol. The van der Waals surface area contributed by atoms with E-state index in [0.29, 0.717) is 15.6 Å². The summed E-state index contributed by atoms with van der Waals surface area (Å²) < 4.78 is 14.4. The van der Waals surface area contributed by atoms with Crippen LogP contribution in [0.1, 0.15) is 5.56 Å². The van der Waals surface area contributed by atoms with Crippen molar-refractivity contribution in [2.24, 2.45) is 0 Å². The Kier molecular flexibility index (Phi) is 2.97. The van der Waals surface area contributed by atoms with Gasteiger partial charge in [-0.1, -0.05) is 34.1 Å². The van der Waals surface area contributed by atoms with Crippen molar-refractivity contribution in [2.75, 3.05) is 0 Å². The molecule has 0 aliphatic rings. The third kappa shape index (κ3) is 2.09. The first kappa shape index (κ1) is 11.1. The summed E-state index contributed by atoms with van der Waals surface area (Å²) in [7, 11) is 0. The van der Waals surface area contributed by atoms with Crippen LogP contribution in [0.4, 0.5) is 4.39 Å². The molecule has 0 atom stereocenters. The van der Waals surface area contributed by atoms with Gasteiger partial charge < -0.3 is 5.11 Å². The van der Waals surface area contributed by atoms with Gasteiger partial charge in [0.1, 0.15) is 11.6 Å². The monoisotopic (exact) mass is 280 g/mol. The molecule has 0 saturated carbocycles. The fraction of sp³-hybridized carbons (Fsp3) is 0.0769. The van der Waals surface area contributed by atoms with Crippen LogP contribution in [-0.4, -0.2) is 5.11 Å². The zero-order valence-corrected chi connectivity index (χ0v) is 10.3. The van der Waals surface area contributed by atoms with E-state index in [1.54, 1.807) is 24.3 Å². The van der Waals surface area contributed by atoms with Gasteiger partial charge in [-0.25, -0.2) is 4.39 Å². The van der Waals surface area contributed by atoms with Crippen LogP contribution in [0.5, 0.6) is 5.75 Å². The Hall–Kier alpha value is -1.35. The van der Waals surface area contributed by atoms with E-state index < -0.39 is 0 Å². The number of aryl methyl sites for hydroxylation is 1. The van der Waals surface area contributed by atoms with Crippen molar-refractivity contribution in [1.29, 1.82) is 0 Å². The molecule has 0 aliphatic heterocycles. The number of rotatable bonds is 1. The molecule has 2 aromatic carbocycles. The largest absolute Gasteiger partial charge is 0.507 e. The lowest BCUT2D eigenvalue weighted by Gasteiger charge is -2.07. The fourth-order valence-corrected chi connectivity index (χ4v) is 1.91. The van der Waals surface area contributed by atoms with Gasteiger partial charge in [0.25, 0.3) is 0 Å². The van der Waals surface area contributed by atoms with Crippen molar-refractivity contribution in [3.63, 3.8) is 0 Å². The molecule has 0 aliphatic carbocycles. The molecule has 0 amide bonds. The number of hydrogen-bond donors (Lipinski definition) is 1. The molecule has 0 heterocycles. The molecular weight excluding hydrogens is 271 g/mol. The molecule has 1 nitrogen and oxygen atoms in total. The van der Waals surface area contributed by atoms with Crippen LogP contribution in [-0.2, 0) is 0 Å². The van der Waals surface area contributed by atoms with Crippen LogP contribution >= 0.6 is 15.9 Å². The molecule has 0 unspecified atom stereocenters. The summed E-state index contributed by atoms with van der Waals surface area (Å²) in [5.41, 5.74) is 1.86. The van der Waals surface area contributed by atoms with Crippen molar-refractivity contribution < 1.29 is 9.50 Å². The second kappa shape index (κ2) is 4.26. The molecule has 16 heavy (non-hydrogen) atoms. The lowest BCUT2D eigenvalue weighted by molar-refractivity contribution is 0.476. The summed E-state index contributed by atoms with van der Waals surface area (Å²) in [6.45, 7) is 1.88. The van der Waals surface area contributed by atoms with Crippen LogP contribution in [0.15, 0.2) is 40.9 Å². The van der Waals surface area contributed by atoms with E-state index in [1.165, 1.54) is 6.07 Å². The highest BCUT2D eigenvalue weighted by molar-refractivity contribution is 9.10. The number of benzene rings is 2. The summed E-state index contributed by atoms with van der Waals surface area (Å²) in [4.78, 5) is 0. The first-order chi connectivity index (χ1) is 7.58. The van der Waals surface area contributed by atoms with E-state index in [0.717, 1.165) is 5.56 Å². The topological polar surface area (TPSA) is 20.2 Å². The van der Waals surface area contributed by atoms with Gasteiger partial charge in [0, 0.05) is 15.6 Å². The third-order valence-corrected chi connectivity index (χ3v) is 2.87. The number of phenolic OH excluding ortho intramolecular Hbond substituents is 1. The Balaban J connectivity index is 2.59. The summed E-state index contributed by atoms with van der Waals surface area (Å²) in [5.74, 6) is -0.255. The van der Waals surface area contributed by atoms with Crippen LogP contribution in [0.3, 0.4) is 0 Å². The number of phenols is 1. The number of aromatic hydroxyl groups is 1. The molecular formula is C13H10BrFO. The molecule has 82 valence electrons. The molecule has 0 aromatic heterocycles. The maximum absolute atomic E-state index is 13.7. The number of halogens is 2. The van der Waals surface area contributed by atoms with Crippen LogP contribution < -0.4 is 0 Å². The van der Waals surface area contributed by atoms with Gasteiger partial charge in [0.05, 0.1) is 0 Å². The Morgan fingerprint density at radius 1 is 1.06 bits per heavy atom. The Labute approximate surface area is 102 Å². The van der Waals surface area contributed by atoms with E-state index in [2.05, 4.69) is 15.9 Å². The molecule has 0 spiro atoms. The average molecular weight is 281 g/mol. The lowest BCUT2D eigenvalue weighted by Crippen LogP contribution is -1.85. The Morgan fingerprint density at radius 2 is 1.75 bits per heavy atom. The molecule has 1 N–H and O–H groups in total. The second-order valence-corrected chi connectivity index (χ2v) is 4.56. The quantitative estimate of drug-likeness (QED) is 0.827. The molecule has 0 bridgehead atoms. The summed E-state index contributed by atoms with van der Waals surface area (Å²) >= 11 is 3.20. The highest BCUT2D eigenvalue weighted by Crippen LogP contribution is 2.32. The van der Waals surface area contributed by atoms with E-state index >= 15 is 0 Å². The van der Waals surface area contributed by atoms with Gasteiger partial charge in [-0.15, -0.1) is 0 Å². The molecule has 0 fully saturated rings. The molecule has 2 rings (SSSR count). The van der Waals surface area contributed by atoms with E-state index in [4.69, 9.17) is 0 Å². The van der Waals surface area contributed by atoms with Crippen molar-refractivity contribution in [3.05, 3.63) is 52.3 Å². The smallest absolute Gasteiger partial charge is 0.132 e. The summed E-state index contributed by atoms with van der Waals surface area (Å²) in [6.07, 6.45) is 0. The van der Waals surface area contributed by atoms with E-state index in [9.17, 15) is 9.50 Å². The Bertz CT molecular complexity index is 488. The summed E-state index contributed by atoms with van der Waals surface area (Å²) in [6, 6.07) is 9.96. The highest BCUT2D eigenvalue weighted by Gasteiger charge is 2.09. The van der Waals surface area contributed by atoms with Crippen LogP contribution in [0.2, 0.25) is 0 Å². The fourth-order valence-electron chi connectivity index (χ4n) is 1.58. The van der Waals surface area contributed by atoms with Gasteiger partial charge in [-0.05, 0) is 30.7 Å². The van der Waals surface area contributed by atoms with Gasteiger partial charge in [-0.2, -0.15) is 0 Å². The van der Waals surface area contributed by atoms with Crippen molar-refractivity contribution in [3.8, 4) is 16.9 Å².